The van der Waals surface area contributed by atoms with E-state index in [0.717, 1.165) is 38.7 Å². The Morgan fingerprint density at radius 2 is 1.15 bits per heavy atom. The minimum atomic E-state index is 0.894. The van der Waals surface area contributed by atoms with E-state index in [2.05, 4.69) is 168 Å². The average Bonchev–Trinajstić information content (AvgIpc) is 3.81. The first-order valence-corrected chi connectivity index (χ1v) is 16.8. The number of aromatic nitrogens is 1. The van der Waals surface area contributed by atoms with Crippen molar-refractivity contribution in [3.63, 3.8) is 0 Å². The predicted octanol–water partition coefficient (Wildman–Crippen LogP) is 12.9. The van der Waals surface area contributed by atoms with E-state index in [4.69, 9.17) is 4.42 Å². The van der Waals surface area contributed by atoms with Crippen molar-refractivity contribution in [2.75, 3.05) is 0 Å². The Morgan fingerprint density at radius 3 is 2.02 bits per heavy atom. The van der Waals surface area contributed by atoms with Gasteiger partial charge in [-0.15, -0.1) is 11.3 Å². The standard InChI is InChI=1S/C44H27NOS/c1-3-13-28(14-4-1)32-20-11-22-36-41-34(21-12-24-40(41)47-44(32)36)33-18-8-7-17-31(33)29-25-26-39-37(27-29)42-43(46-39)35-19-9-10-23-38(35)45(42)30-15-5-2-6-16-30/h1-27H. The molecule has 10 rings (SSSR count). The number of nitrogens with zero attached hydrogens (tertiary/aromatic N) is 1. The molecule has 0 amide bonds. The van der Waals surface area contributed by atoms with Crippen molar-refractivity contribution in [3.05, 3.63) is 164 Å². The Balaban J connectivity index is 1.21. The Kier molecular flexibility index (Phi) is 5.78. The van der Waals surface area contributed by atoms with E-state index in [0.29, 0.717) is 0 Å². The number of hydrogen-bond donors (Lipinski definition) is 0. The van der Waals surface area contributed by atoms with Crippen LogP contribution >= 0.6 is 11.3 Å². The highest BCUT2D eigenvalue weighted by atomic mass is 32.1. The van der Waals surface area contributed by atoms with Gasteiger partial charge in [-0.25, -0.2) is 0 Å². The summed E-state index contributed by atoms with van der Waals surface area (Å²) in [5, 5.41) is 4.85. The molecule has 47 heavy (non-hydrogen) atoms. The highest BCUT2D eigenvalue weighted by Gasteiger charge is 2.21. The second-order valence-corrected chi connectivity index (χ2v) is 13.1. The van der Waals surface area contributed by atoms with Gasteiger partial charge in [-0.05, 0) is 75.8 Å². The third kappa shape index (κ3) is 3.97. The summed E-state index contributed by atoms with van der Waals surface area (Å²) in [5.41, 5.74) is 12.6. The average molecular weight is 618 g/mol. The molecule has 3 heterocycles. The van der Waals surface area contributed by atoms with E-state index in [9.17, 15) is 0 Å². The maximum absolute atomic E-state index is 6.60. The summed E-state index contributed by atoms with van der Waals surface area (Å²) in [7, 11) is 0. The summed E-state index contributed by atoms with van der Waals surface area (Å²) < 4.78 is 11.6. The van der Waals surface area contributed by atoms with Gasteiger partial charge in [-0.1, -0.05) is 121 Å². The molecule has 3 aromatic heterocycles. The molecule has 3 heteroatoms. The first-order valence-electron chi connectivity index (χ1n) is 15.9. The van der Waals surface area contributed by atoms with E-state index in [1.165, 1.54) is 53.6 Å². The Morgan fingerprint density at radius 1 is 0.468 bits per heavy atom. The molecule has 0 saturated carbocycles. The lowest BCUT2D eigenvalue weighted by atomic mass is 9.91. The maximum atomic E-state index is 6.60. The van der Waals surface area contributed by atoms with Gasteiger partial charge in [0, 0.05) is 36.6 Å². The second-order valence-electron chi connectivity index (χ2n) is 12.1. The first-order chi connectivity index (χ1) is 23.3. The molecule has 0 N–H and O–H groups in total. The smallest absolute Gasteiger partial charge is 0.161 e. The summed E-state index contributed by atoms with van der Waals surface area (Å²) in [4.78, 5) is 0. The third-order valence-corrected chi connectivity index (χ3v) is 10.6. The second kappa shape index (κ2) is 10.3. The van der Waals surface area contributed by atoms with Gasteiger partial charge in [-0.2, -0.15) is 0 Å². The quantitative estimate of drug-likeness (QED) is 0.192. The van der Waals surface area contributed by atoms with Gasteiger partial charge >= 0.3 is 0 Å². The van der Waals surface area contributed by atoms with Crippen molar-refractivity contribution in [1.29, 1.82) is 0 Å². The summed E-state index contributed by atoms with van der Waals surface area (Å²) in [6, 6.07) is 58.8. The Labute approximate surface area is 275 Å². The van der Waals surface area contributed by atoms with Gasteiger partial charge in [0.1, 0.15) is 11.1 Å². The van der Waals surface area contributed by atoms with Crippen LogP contribution in [0.15, 0.2) is 168 Å². The SMILES string of the molecule is c1ccc(-c2cccc3c2sc2cccc(-c4ccccc4-c4ccc5oc6c7ccccc7n(-c7ccccc7)c6c5c4)c23)cc1. The monoisotopic (exact) mass is 617 g/mol. The van der Waals surface area contributed by atoms with Gasteiger partial charge in [0.15, 0.2) is 5.58 Å². The molecule has 0 radical (unpaired) electrons. The van der Waals surface area contributed by atoms with Crippen molar-refractivity contribution >= 4 is 64.5 Å². The molecule has 220 valence electrons. The summed E-state index contributed by atoms with van der Waals surface area (Å²) >= 11 is 1.88. The molecule has 0 saturated heterocycles. The molecule has 0 spiro atoms. The van der Waals surface area contributed by atoms with Gasteiger partial charge < -0.3 is 8.98 Å². The van der Waals surface area contributed by atoms with E-state index in [1.54, 1.807) is 0 Å². The van der Waals surface area contributed by atoms with Gasteiger partial charge in [0.2, 0.25) is 0 Å². The molecule has 0 aliphatic carbocycles. The van der Waals surface area contributed by atoms with E-state index in [-0.39, 0.29) is 0 Å². The van der Waals surface area contributed by atoms with E-state index in [1.807, 2.05) is 11.3 Å². The lowest BCUT2D eigenvalue weighted by molar-refractivity contribution is 0.673. The molecule has 0 fully saturated rings. The maximum Gasteiger partial charge on any atom is 0.161 e. The number of thiophene rings is 1. The number of para-hydroxylation sites is 2. The summed E-state index contributed by atoms with van der Waals surface area (Å²) in [6.45, 7) is 0. The van der Waals surface area contributed by atoms with Gasteiger partial charge in [-0.3, -0.25) is 0 Å². The molecule has 0 atom stereocenters. The lowest BCUT2D eigenvalue weighted by Crippen LogP contribution is -1.93. The van der Waals surface area contributed by atoms with Crippen LogP contribution < -0.4 is 0 Å². The molecule has 0 unspecified atom stereocenters. The molecular weight excluding hydrogens is 591 g/mol. The van der Waals surface area contributed by atoms with E-state index >= 15 is 0 Å². The Hall–Kier alpha value is -5.90. The number of furan rings is 1. The van der Waals surface area contributed by atoms with Crippen molar-refractivity contribution in [2.45, 2.75) is 0 Å². The minimum Gasteiger partial charge on any atom is -0.454 e. The molecule has 7 aromatic carbocycles. The normalized spacial score (nSPS) is 11.8. The predicted molar refractivity (Wildman–Crippen MR) is 200 cm³/mol. The first kappa shape index (κ1) is 26.3. The highest BCUT2D eigenvalue weighted by Crippen LogP contribution is 2.46. The summed E-state index contributed by atoms with van der Waals surface area (Å²) in [5.74, 6) is 0. The fourth-order valence-corrected chi connectivity index (χ4v) is 8.63. The summed E-state index contributed by atoms with van der Waals surface area (Å²) in [6.07, 6.45) is 0. The van der Waals surface area contributed by atoms with Crippen LogP contribution in [0.5, 0.6) is 0 Å². The molecule has 0 aliphatic rings. The molecule has 10 aromatic rings. The van der Waals surface area contributed by atoms with Crippen molar-refractivity contribution in [2.24, 2.45) is 0 Å². The molecule has 2 nitrogen and oxygen atoms in total. The molecular formula is C44H27NOS. The Bertz CT molecular complexity index is 2780. The third-order valence-electron chi connectivity index (χ3n) is 9.43. The number of hydrogen-bond acceptors (Lipinski definition) is 2. The topological polar surface area (TPSA) is 18.1 Å². The van der Waals surface area contributed by atoms with Crippen LogP contribution in [0.25, 0.3) is 92.2 Å². The fraction of sp³-hybridized carbons (Fsp3) is 0. The zero-order valence-corrected chi connectivity index (χ0v) is 26.2. The van der Waals surface area contributed by atoms with Gasteiger partial charge in [0.05, 0.1) is 5.52 Å². The van der Waals surface area contributed by atoms with Crippen LogP contribution in [0, 0.1) is 0 Å². The van der Waals surface area contributed by atoms with Crippen LogP contribution in [-0.4, -0.2) is 4.57 Å². The number of benzene rings is 7. The van der Waals surface area contributed by atoms with Crippen molar-refractivity contribution in [1.82, 2.24) is 4.57 Å². The van der Waals surface area contributed by atoms with Crippen molar-refractivity contribution < 1.29 is 4.42 Å². The van der Waals surface area contributed by atoms with Crippen molar-refractivity contribution in [3.8, 4) is 39.1 Å². The zero-order chi connectivity index (χ0) is 30.9. The van der Waals surface area contributed by atoms with E-state index < -0.39 is 0 Å². The zero-order valence-electron chi connectivity index (χ0n) is 25.4. The van der Waals surface area contributed by atoms with Gasteiger partial charge in [0.25, 0.3) is 0 Å². The van der Waals surface area contributed by atoms with Crippen LogP contribution in [0.3, 0.4) is 0 Å². The molecule has 0 aliphatic heterocycles. The minimum absolute atomic E-state index is 0.894. The van der Waals surface area contributed by atoms with Crippen LogP contribution in [0.1, 0.15) is 0 Å². The van der Waals surface area contributed by atoms with Crippen LogP contribution in [0.4, 0.5) is 0 Å². The number of fused-ring (bicyclic) bond motifs is 8. The highest BCUT2D eigenvalue weighted by molar-refractivity contribution is 7.26. The fourth-order valence-electron chi connectivity index (χ4n) is 7.37. The number of rotatable bonds is 4. The molecule has 0 bridgehead atoms. The largest absolute Gasteiger partial charge is 0.454 e. The van der Waals surface area contributed by atoms with Crippen LogP contribution in [0.2, 0.25) is 0 Å². The van der Waals surface area contributed by atoms with Crippen LogP contribution in [-0.2, 0) is 0 Å². The lowest BCUT2D eigenvalue weighted by Gasteiger charge is -2.12.